The molecule has 1 N–H and O–H groups in total. The van der Waals surface area contributed by atoms with E-state index in [9.17, 15) is 5.11 Å². The molecule has 0 saturated heterocycles. The first kappa shape index (κ1) is 14.2. The van der Waals surface area contributed by atoms with Gasteiger partial charge in [0, 0.05) is 0 Å². The molecule has 3 nitrogen and oxygen atoms in total. The maximum atomic E-state index is 9.65. The summed E-state index contributed by atoms with van der Waals surface area (Å²) in [4.78, 5) is 0. The Morgan fingerprint density at radius 2 is 1.37 bits per heavy atom. The molecular formula is C15H17O3P. The lowest BCUT2D eigenvalue weighted by atomic mass is 10.2. The van der Waals surface area contributed by atoms with Gasteiger partial charge in [-0.05, 0) is 11.1 Å². The number of ether oxygens (including phenoxy) is 1. The van der Waals surface area contributed by atoms with Gasteiger partial charge in [-0.15, -0.1) is 0 Å². The molecule has 0 spiro atoms. The molecule has 0 aliphatic rings. The molecule has 0 heterocycles. The fourth-order valence-electron chi connectivity index (χ4n) is 1.55. The molecule has 4 heteroatoms. The maximum absolute atomic E-state index is 9.65. The van der Waals surface area contributed by atoms with Gasteiger partial charge in [0.25, 0.3) is 0 Å². The summed E-state index contributed by atoms with van der Waals surface area (Å²) in [5.41, 5.74) is 2.12. The minimum absolute atomic E-state index is 0.0834. The molecule has 0 aromatic heterocycles. The largest absolute Gasteiger partial charge is 0.363 e. The Bertz CT molecular complexity index is 461. The summed E-state index contributed by atoms with van der Waals surface area (Å²) in [6.07, 6.45) is 0. The standard InChI is InChI=1S/C15H17O3P/c16-15(17-11-13-7-3-1-4-8-13)19-18-12-14-9-5-2-6-10-14/h1-10,15-16,19H,11-12H2. The summed E-state index contributed by atoms with van der Waals surface area (Å²) in [6.45, 7) is 0.884. The van der Waals surface area contributed by atoms with Gasteiger partial charge >= 0.3 is 0 Å². The third-order valence-electron chi connectivity index (χ3n) is 2.52. The molecule has 19 heavy (non-hydrogen) atoms. The van der Waals surface area contributed by atoms with Crippen LogP contribution >= 0.6 is 8.81 Å². The predicted octanol–water partition coefficient (Wildman–Crippen LogP) is 3.29. The maximum Gasteiger partial charge on any atom is 0.196 e. The van der Waals surface area contributed by atoms with Crippen molar-refractivity contribution in [1.82, 2.24) is 0 Å². The average Bonchev–Trinajstić information content (AvgIpc) is 2.47. The van der Waals surface area contributed by atoms with Crippen molar-refractivity contribution in [3.05, 3.63) is 71.8 Å². The first-order valence-corrected chi connectivity index (χ1v) is 7.08. The van der Waals surface area contributed by atoms with Crippen molar-refractivity contribution in [3.8, 4) is 0 Å². The van der Waals surface area contributed by atoms with E-state index in [-0.39, 0.29) is 8.81 Å². The Kier molecular flexibility index (Phi) is 5.99. The highest BCUT2D eigenvalue weighted by molar-refractivity contribution is 7.32. The van der Waals surface area contributed by atoms with Crippen LogP contribution in [0.3, 0.4) is 0 Å². The van der Waals surface area contributed by atoms with Crippen LogP contribution in [0.4, 0.5) is 0 Å². The third kappa shape index (κ3) is 5.50. The monoisotopic (exact) mass is 276 g/mol. The Morgan fingerprint density at radius 3 is 1.95 bits per heavy atom. The van der Waals surface area contributed by atoms with Gasteiger partial charge in [-0.1, -0.05) is 60.7 Å². The smallest absolute Gasteiger partial charge is 0.196 e. The van der Waals surface area contributed by atoms with Crippen molar-refractivity contribution < 1.29 is 14.4 Å². The van der Waals surface area contributed by atoms with E-state index in [1.807, 2.05) is 60.7 Å². The molecule has 0 fully saturated rings. The van der Waals surface area contributed by atoms with E-state index in [1.165, 1.54) is 0 Å². The molecule has 100 valence electrons. The minimum atomic E-state index is -0.871. The Hall–Kier alpha value is -1.25. The van der Waals surface area contributed by atoms with Gasteiger partial charge in [0.2, 0.25) is 0 Å². The predicted molar refractivity (Wildman–Crippen MR) is 76.8 cm³/mol. The number of aliphatic hydroxyl groups is 1. The molecular weight excluding hydrogens is 259 g/mol. The highest BCUT2D eigenvalue weighted by Crippen LogP contribution is 2.22. The van der Waals surface area contributed by atoms with E-state index in [2.05, 4.69) is 0 Å². The fourth-order valence-corrected chi connectivity index (χ4v) is 2.10. The molecule has 2 aromatic carbocycles. The first-order chi connectivity index (χ1) is 9.34. The second kappa shape index (κ2) is 8.03. The van der Waals surface area contributed by atoms with Crippen LogP contribution in [0.1, 0.15) is 11.1 Å². The van der Waals surface area contributed by atoms with E-state index < -0.39 is 6.03 Å². The van der Waals surface area contributed by atoms with Gasteiger partial charge in [-0.25, -0.2) is 0 Å². The second-order valence-corrected chi connectivity index (χ2v) is 5.06. The third-order valence-corrected chi connectivity index (χ3v) is 3.20. The van der Waals surface area contributed by atoms with Crippen LogP contribution in [-0.2, 0) is 22.5 Å². The summed E-state index contributed by atoms with van der Waals surface area (Å²) in [5.74, 6) is 0. The fraction of sp³-hybridized carbons (Fsp3) is 0.200. The van der Waals surface area contributed by atoms with Crippen LogP contribution in [0.25, 0.3) is 0 Å². The van der Waals surface area contributed by atoms with E-state index in [1.54, 1.807) is 0 Å². The van der Waals surface area contributed by atoms with Crippen molar-refractivity contribution in [2.45, 2.75) is 19.2 Å². The highest BCUT2D eigenvalue weighted by Gasteiger charge is 2.05. The molecule has 2 unspecified atom stereocenters. The van der Waals surface area contributed by atoms with Crippen molar-refractivity contribution in [2.75, 3.05) is 0 Å². The van der Waals surface area contributed by atoms with Gasteiger partial charge in [-0.2, -0.15) is 0 Å². The van der Waals surface area contributed by atoms with Gasteiger partial charge in [0.05, 0.1) is 22.0 Å². The summed E-state index contributed by atoms with van der Waals surface area (Å²) in [7, 11) is -0.0834. The molecule has 0 saturated carbocycles. The summed E-state index contributed by atoms with van der Waals surface area (Å²) >= 11 is 0. The SMILES string of the molecule is OC(OCc1ccccc1)POCc1ccccc1. The van der Waals surface area contributed by atoms with Crippen LogP contribution < -0.4 is 0 Å². The van der Waals surface area contributed by atoms with Crippen molar-refractivity contribution in [1.29, 1.82) is 0 Å². The molecule has 0 bridgehead atoms. The molecule has 0 radical (unpaired) electrons. The van der Waals surface area contributed by atoms with Crippen LogP contribution in [0, 0.1) is 0 Å². The van der Waals surface area contributed by atoms with Crippen LogP contribution in [0.2, 0.25) is 0 Å². The molecule has 2 aromatic rings. The summed E-state index contributed by atoms with van der Waals surface area (Å²) < 4.78 is 10.7. The lowest BCUT2D eigenvalue weighted by molar-refractivity contribution is -0.0504. The number of hydrogen-bond donors (Lipinski definition) is 1. The van der Waals surface area contributed by atoms with Gasteiger partial charge < -0.3 is 14.4 Å². The van der Waals surface area contributed by atoms with E-state index in [0.717, 1.165) is 11.1 Å². The van der Waals surface area contributed by atoms with Gasteiger partial charge in [0.15, 0.2) is 6.03 Å². The van der Waals surface area contributed by atoms with Crippen LogP contribution in [0.15, 0.2) is 60.7 Å². The molecule has 0 amide bonds. The highest BCUT2D eigenvalue weighted by atomic mass is 31.1. The van der Waals surface area contributed by atoms with E-state index in [0.29, 0.717) is 13.2 Å². The lowest BCUT2D eigenvalue weighted by Crippen LogP contribution is -2.06. The van der Waals surface area contributed by atoms with E-state index >= 15 is 0 Å². The Balaban J connectivity index is 1.64. The topological polar surface area (TPSA) is 38.7 Å². The van der Waals surface area contributed by atoms with Gasteiger partial charge in [-0.3, -0.25) is 0 Å². The molecule has 0 aliphatic heterocycles. The zero-order valence-electron chi connectivity index (χ0n) is 10.5. The number of aliphatic hydroxyl groups excluding tert-OH is 1. The number of rotatable bonds is 7. The van der Waals surface area contributed by atoms with Crippen LogP contribution in [-0.4, -0.2) is 11.1 Å². The Morgan fingerprint density at radius 1 is 0.842 bits per heavy atom. The Labute approximate surface area is 115 Å². The second-order valence-electron chi connectivity index (χ2n) is 4.04. The number of hydrogen-bond acceptors (Lipinski definition) is 3. The molecule has 2 atom stereocenters. The molecule has 2 rings (SSSR count). The summed E-state index contributed by atoms with van der Waals surface area (Å²) in [6, 6.07) is 18.7. The van der Waals surface area contributed by atoms with Crippen LogP contribution in [0.5, 0.6) is 0 Å². The zero-order chi connectivity index (χ0) is 13.3. The molecule has 0 aliphatic carbocycles. The van der Waals surface area contributed by atoms with Crippen molar-refractivity contribution in [3.63, 3.8) is 0 Å². The lowest BCUT2D eigenvalue weighted by Gasteiger charge is -2.12. The quantitative estimate of drug-likeness (QED) is 0.623. The normalized spacial score (nSPS) is 12.9. The minimum Gasteiger partial charge on any atom is -0.363 e. The average molecular weight is 276 g/mol. The zero-order valence-corrected chi connectivity index (χ0v) is 11.5. The van der Waals surface area contributed by atoms with Gasteiger partial charge in [0.1, 0.15) is 0 Å². The number of benzene rings is 2. The first-order valence-electron chi connectivity index (χ1n) is 6.09. The summed E-state index contributed by atoms with van der Waals surface area (Å²) in [5, 5.41) is 9.65. The van der Waals surface area contributed by atoms with E-state index in [4.69, 9.17) is 9.26 Å². The van der Waals surface area contributed by atoms with Crippen molar-refractivity contribution in [2.24, 2.45) is 0 Å². The van der Waals surface area contributed by atoms with Crippen molar-refractivity contribution >= 4 is 8.81 Å².